The van der Waals surface area contributed by atoms with Crippen molar-refractivity contribution in [3.05, 3.63) is 48.0 Å². The minimum absolute atomic E-state index is 0.103. The highest BCUT2D eigenvalue weighted by atomic mass is 16.7. The van der Waals surface area contributed by atoms with Gasteiger partial charge >= 0.3 is 0 Å². The van der Waals surface area contributed by atoms with Crippen molar-refractivity contribution in [1.29, 1.82) is 0 Å². The van der Waals surface area contributed by atoms with Crippen LogP contribution in [0.2, 0.25) is 0 Å². The van der Waals surface area contributed by atoms with Crippen LogP contribution < -0.4 is 24.8 Å². The van der Waals surface area contributed by atoms with Crippen molar-refractivity contribution in [1.82, 2.24) is 5.32 Å². The topological polar surface area (TPSA) is 68.8 Å². The van der Waals surface area contributed by atoms with Crippen LogP contribution in [0.15, 0.2) is 42.5 Å². The Morgan fingerprint density at radius 1 is 1.17 bits per heavy atom. The Bertz CT molecular complexity index is 703. The highest BCUT2D eigenvalue weighted by molar-refractivity contribution is 5.80. The summed E-state index contributed by atoms with van der Waals surface area (Å²) < 4.78 is 15.8. The molecule has 0 radical (unpaired) electrons. The second-order valence-corrected chi connectivity index (χ2v) is 5.01. The van der Waals surface area contributed by atoms with E-state index in [4.69, 9.17) is 14.2 Å². The molecule has 0 unspecified atom stereocenters. The van der Waals surface area contributed by atoms with Crippen LogP contribution in [0.4, 0.5) is 5.69 Å². The standard InChI is InChI=1S/C17H18N2O4/c1-21-14-5-3-2-4-12(14)9-19-17(20)10-18-13-6-7-15-16(8-13)23-11-22-15/h2-8,18H,9-11H2,1H3,(H,19,20). The summed E-state index contributed by atoms with van der Waals surface area (Å²) in [6, 6.07) is 13.1. The number of fused-ring (bicyclic) bond motifs is 1. The van der Waals surface area contributed by atoms with Gasteiger partial charge in [-0.3, -0.25) is 4.79 Å². The number of methoxy groups -OCH3 is 1. The first-order valence-electron chi connectivity index (χ1n) is 7.28. The van der Waals surface area contributed by atoms with Gasteiger partial charge in [-0.1, -0.05) is 18.2 Å². The molecule has 0 fully saturated rings. The molecule has 0 aliphatic carbocycles. The van der Waals surface area contributed by atoms with Gasteiger partial charge < -0.3 is 24.8 Å². The van der Waals surface area contributed by atoms with E-state index in [-0.39, 0.29) is 19.2 Å². The third kappa shape index (κ3) is 3.66. The van der Waals surface area contributed by atoms with Gasteiger partial charge in [-0.2, -0.15) is 0 Å². The molecule has 1 amide bonds. The maximum Gasteiger partial charge on any atom is 0.239 e. The lowest BCUT2D eigenvalue weighted by atomic mass is 10.2. The summed E-state index contributed by atoms with van der Waals surface area (Å²) in [4.78, 5) is 12.0. The quantitative estimate of drug-likeness (QED) is 0.855. The third-order valence-corrected chi connectivity index (χ3v) is 3.49. The van der Waals surface area contributed by atoms with Crippen LogP contribution in [0, 0.1) is 0 Å². The molecule has 23 heavy (non-hydrogen) atoms. The van der Waals surface area contributed by atoms with Crippen molar-refractivity contribution in [2.75, 3.05) is 25.8 Å². The van der Waals surface area contributed by atoms with Crippen molar-refractivity contribution >= 4 is 11.6 Å². The molecule has 6 nitrogen and oxygen atoms in total. The number of amides is 1. The summed E-state index contributed by atoms with van der Waals surface area (Å²) in [6.07, 6.45) is 0. The average molecular weight is 314 g/mol. The van der Waals surface area contributed by atoms with Gasteiger partial charge in [0.25, 0.3) is 0 Å². The lowest BCUT2D eigenvalue weighted by Gasteiger charge is -2.10. The van der Waals surface area contributed by atoms with Gasteiger partial charge in [0, 0.05) is 23.9 Å². The molecule has 2 aromatic carbocycles. The van der Waals surface area contributed by atoms with Crippen molar-refractivity contribution in [2.45, 2.75) is 6.54 Å². The molecule has 2 N–H and O–H groups in total. The monoisotopic (exact) mass is 314 g/mol. The van der Waals surface area contributed by atoms with Crippen LogP contribution in [0.5, 0.6) is 17.2 Å². The number of carbonyl (C=O) groups excluding carboxylic acids is 1. The van der Waals surface area contributed by atoms with Crippen LogP contribution in [0.25, 0.3) is 0 Å². The van der Waals surface area contributed by atoms with Crippen LogP contribution in [0.3, 0.4) is 0 Å². The van der Waals surface area contributed by atoms with Crippen molar-refractivity contribution < 1.29 is 19.0 Å². The van der Waals surface area contributed by atoms with Crippen LogP contribution in [-0.2, 0) is 11.3 Å². The largest absolute Gasteiger partial charge is 0.496 e. The lowest BCUT2D eigenvalue weighted by Crippen LogP contribution is -2.29. The van der Waals surface area contributed by atoms with Gasteiger partial charge in [-0.15, -0.1) is 0 Å². The molecular formula is C17H18N2O4. The maximum absolute atomic E-state index is 12.0. The Balaban J connectivity index is 1.50. The zero-order valence-corrected chi connectivity index (χ0v) is 12.8. The van der Waals surface area contributed by atoms with E-state index in [0.717, 1.165) is 22.7 Å². The third-order valence-electron chi connectivity index (χ3n) is 3.49. The summed E-state index contributed by atoms with van der Waals surface area (Å²) in [7, 11) is 1.61. The molecule has 0 aromatic heterocycles. The second-order valence-electron chi connectivity index (χ2n) is 5.01. The Morgan fingerprint density at radius 2 is 2.00 bits per heavy atom. The normalized spacial score (nSPS) is 11.9. The van der Waals surface area contributed by atoms with E-state index in [9.17, 15) is 4.79 Å². The molecule has 120 valence electrons. The lowest BCUT2D eigenvalue weighted by molar-refractivity contribution is -0.119. The van der Waals surface area contributed by atoms with Gasteiger partial charge in [0.2, 0.25) is 12.7 Å². The van der Waals surface area contributed by atoms with Gasteiger partial charge in [0.15, 0.2) is 11.5 Å². The van der Waals surface area contributed by atoms with Crippen molar-refractivity contribution in [3.8, 4) is 17.2 Å². The number of hydrogen-bond donors (Lipinski definition) is 2. The molecule has 3 rings (SSSR count). The number of benzene rings is 2. The SMILES string of the molecule is COc1ccccc1CNC(=O)CNc1ccc2c(c1)OCO2. The zero-order chi connectivity index (χ0) is 16.1. The molecule has 0 bridgehead atoms. The smallest absolute Gasteiger partial charge is 0.239 e. The number of nitrogens with one attached hydrogen (secondary N) is 2. The minimum Gasteiger partial charge on any atom is -0.496 e. The predicted octanol–water partition coefficient (Wildman–Crippen LogP) is 2.15. The van der Waals surface area contributed by atoms with E-state index >= 15 is 0 Å². The van der Waals surface area contributed by atoms with Crippen LogP contribution >= 0.6 is 0 Å². The van der Waals surface area contributed by atoms with E-state index in [2.05, 4.69) is 10.6 Å². The molecule has 0 spiro atoms. The van der Waals surface area contributed by atoms with Gasteiger partial charge in [-0.25, -0.2) is 0 Å². The molecule has 2 aromatic rings. The number of anilines is 1. The minimum atomic E-state index is -0.103. The Hall–Kier alpha value is -2.89. The molecule has 0 saturated carbocycles. The highest BCUT2D eigenvalue weighted by Gasteiger charge is 2.13. The molecule has 1 aliphatic heterocycles. The molecule has 0 saturated heterocycles. The Morgan fingerprint density at radius 3 is 2.87 bits per heavy atom. The first-order valence-corrected chi connectivity index (χ1v) is 7.28. The molecule has 0 atom stereocenters. The highest BCUT2D eigenvalue weighted by Crippen LogP contribution is 2.34. The molecule has 6 heteroatoms. The first-order chi connectivity index (χ1) is 11.3. The summed E-state index contributed by atoms with van der Waals surface area (Å²) in [5, 5.41) is 5.92. The van der Waals surface area contributed by atoms with Gasteiger partial charge in [-0.05, 0) is 18.2 Å². The maximum atomic E-state index is 12.0. The number of hydrogen-bond acceptors (Lipinski definition) is 5. The van der Waals surface area contributed by atoms with Crippen molar-refractivity contribution in [2.24, 2.45) is 0 Å². The van der Waals surface area contributed by atoms with E-state index in [1.165, 1.54) is 0 Å². The second kappa shape index (κ2) is 6.91. The van der Waals surface area contributed by atoms with E-state index in [1.807, 2.05) is 42.5 Å². The number of ether oxygens (including phenoxy) is 3. The fourth-order valence-corrected chi connectivity index (χ4v) is 2.29. The number of rotatable bonds is 6. The molecule has 1 aliphatic rings. The fourth-order valence-electron chi connectivity index (χ4n) is 2.29. The van der Waals surface area contributed by atoms with Gasteiger partial charge in [0.05, 0.1) is 13.7 Å². The predicted molar refractivity (Wildman–Crippen MR) is 85.9 cm³/mol. The molecular weight excluding hydrogens is 296 g/mol. The summed E-state index contributed by atoms with van der Waals surface area (Å²) in [6.45, 7) is 0.832. The van der Waals surface area contributed by atoms with Crippen LogP contribution in [0.1, 0.15) is 5.56 Å². The number of para-hydroxylation sites is 1. The average Bonchev–Trinajstić information content (AvgIpc) is 3.06. The van der Waals surface area contributed by atoms with Crippen molar-refractivity contribution in [3.63, 3.8) is 0 Å². The fraction of sp³-hybridized carbons (Fsp3) is 0.235. The zero-order valence-electron chi connectivity index (χ0n) is 12.8. The van der Waals surface area contributed by atoms with E-state index < -0.39 is 0 Å². The molecule has 1 heterocycles. The first kappa shape index (κ1) is 15.0. The Labute approximate surface area is 134 Å². The van der Waals surface area contributed by atoms with E-state index in [0.29, 0.717) is 12.3 Å². The van der Waals surface area contributed by atoms with E-state index in [1.54, 1.807) is 7.11 Å². The van der Waals surface area contributed by atoms with Gasteiger partial charge in [0.1, 0.15) is 5.75 Å². The number of carbonyl (C=O) groups is 1. The summed E-state index contributed by atoms with van der Waals surface area (Å²) in [5.74, 6) is 2.06. The summed E-state index contributed by atoms with van der Waals surface area (Å²) in [5.41, 5.74) is 1.74. The Kier molecular flexibility index (Phi) is 4.52. The summed E-state index contributed by atoms with van der Waals surface area (Å²) >= 11 is 0. The van der Waals surface area contributed by atoms with Crippen LogP contribution in [-0.4, -0.2) is 26.4 Å².